The van der Waals surface area contributed by atoms with Crippen molar-refractivity contribution in [2.24, 2.45) is 0 Å². The Labute approximate surface area is 140 Å². The molecule has 0 aromatic heterocycles. The van der Waals surface area contributed by atoms with E-state index < -0.39 is 0 Å². The van der Waals surface area contributed by atoms with Gasteiger partial charge >= 0.3 is 0 Å². The number of nitrogens with two attached hydrogens (primary N) is 1. The Morgan fingerprint density at radius 3 is 2.32 bits per heavy atom. The molecule has 0 atom stereocenters. The smallest absolute Gasteiger partial charge is 0.166 e. The van der Waals surface area contributed by atoms with Gasteiger partial charge in [0.2, 0.25) is 0 Å². The molecule has 0 saturated carbocycles. The van der Waals surface area contributed by atoms with Crippen molar-refractivity contribution in [3.63, 3.8) is 0 Å². The summed E-state index contributed by atoms with van der Waals surface area (Å²) in [6, 6.07) is 11.0. The molecule has 4 N–H and O–H groups in total. The van der Waals surface area contributed by atoms with Gasteiger partial charge in [-0.25, -0.2) is 0 Å². The van der Waals surface area contributed by atoms with Gasteiger partial charge < -0.3 is 16.0 Å². The topological polar surface area (TPSA) is 40.7 Å². The summed E-state index contributed by atoms with van der Waals surface area (Å²) in [4.78, 5) is 0. The summed E-state index contributed by atoms with van der Waals surface area (Å²) >= 11 is 5.47. The van der Waals surface area contributed by atoms with Crippen LogP contribution in [0.15, 0.2) is 30.3 Å². The van der Waals surface area contributed by atoms with Gasteiger partial charge in [-0.15, -0.1) is 0 Å². The maximum atomic E-state index is 5.47. The molecule has 0 spiro atoms. The molecule has 0 radical (unpaired) electrons. The third-order valence-electron chi connectivity index (χ3n) is 4.20. The zero-order valence-corrected chi connectivity index (χ0v) is 15.1. The summed E-state index contributed by atoms with van der Waals surface area (Å²) in [6.45, 7) is 10.1. The van der Waals surface area contributed by atoms with E-state index in [1.165, 1.54) is 5.56 Å². The molecule has 1 aromatic carbocycles. The normalized spacial score (nSPS) is 20.4. The molecule has 3 nitrogen and oxygen atoms in total. The van der Waals surface area contributed by atoms with Crippen molar-refractivity contribution in [3.8, 4) is 0 Å². The zero-order chi connectivity index (χ0) is 16.2. The van der Waals surface area contributed by atoms with Gasteiger partial charge in [-0.2, -0.15) is 0 Å². The van der Waals surface area contributed by atoms with Gasteiger partial charge in [0.05, 0.1) is 11.1 Å². The lowest BCUT2D eigenvalue weighted by Gasteiger charge is -2.43. The second kappa shape index (κ2) is 6.97. The fraction of sp³-hybridized carbons (Fsp3) is 0.611. The lowest BCUT2D eigenvalue weighted by atomic mass is 9.80. The molecule has 22 heavy (non-hydrogen) atoms. The number of benzene rings is 1. The highest BCUT2D eigenvalue weighted by Gasteiger charge is 2.41. The van der Waals surface area contributed by atoms with Crippen LogP contribution in [0, 0.1) is 0 Å². The third-order valence-corrected chi connectivity index (χ3v) is 4.47. The lowest BCUT2D eigenvalue weighted by molar-refractivity contribution is -0.787. The predicted molar refractivity (Wildman–Crippen MR) is 97.0 cm³/mol. The molecule has 0 unspecified atom stereocenters. The fourth-order valence-corrected chi connectivity index (χ4v) is 4.09. The number of nitrogens with one attached hydrogen (secondary N) is 2. The van der Waals surface area contributed by atoms with Crippen LogP contribution >= 0.6 is 12.2 Å². The van der Waals surface area contributed by atoms with Crippen LogP contribution in [0.5, 0.6) is 0 Å². The Morgan fingerprint density at radius 2 is 1.73 bits per heavy atom. The average Bonchev–Trinajstić information content (AvgIpc) is 2.36. The molecule has 1 aromatic rings. The molecule has 1 heterocycles. The van der Waals surface area contributed by atoms with Crippen molar-refractivity contribution in [1.29, 1.82) is 0 Å². The van der Waals surface area contributed by atoms with Crippen LogP contribution in [0.4, 0.5) is 0 Å². The van der Waals surface area contributed by atoms with E-state index in [2.05, 4.69) is 67.9 Å². The van der Waals surface area contributed by atoms with Gasteiger partial charge in [0.1, 0.15) is 0 Å². The average molecular weight is 321 g/mol. The summed E-state index contributed by atoms with van der Waals surface area (Å²) in [7, 11) is 0. The minimum Gasteiger partial charge on any atom is -0.362 e. The monoisotopic (exact) mass is 320 g/mol. The Bertz CT molecular complexity index is 480. The van der Waals surface area contributed by atoms with Crippen molar-refractivity contribution in [3.05, 3.63) is 35.9 Å². The Balaban J connectivity index is 1.77. The molecule has 4 heteroatoms. The molecular weight excluding hydrogens is 290 g/mol. The van der Waals surface area contributed by atoms with Crippen molar-refractivity contribution in [2.75, 3.05) is 6.54 Å². The summed E-state index contributed by atoms with van der Waals surface area (Å²) in [5.74, 6) is 0. The van der Waals surface area contributed by atoms with E-state index in [1.807, 2.05) is 6.07 Å². The summed E-state index contributed by atoms with van der Waals surface area (Å²) in [5.41, 5.74) is 1.87. The van der Waals surface area contributed by atoms with Crippen LogP contribution in [-0.2, 0) is 6.42 Å². The van der Waals surface area contributed by atoms with E-state index in [0.29, 0.717) is 6.04 Å². The first kappa shape index (κ1) is 17.2. The SMILES string of the molecule is CC1(C)CC(NC(=S)NCCc2ccccc2)CC(C)(C)[NH2+]1. The summed E-state index contributed by atoms with van der Waals surface area (Å²) < 4.78 is 0. The maximum absolute atomic E-state index is 5.47. The Kier molecular flexibility index (Phi) is 5.45. The number of quaternary nitrogens is 1. The van der Waals surface area contributed by atoms with Gasteiger partial charge in [-0.05, 0) is 51.9 Å². The minimum absolute atomic E-state index is 0.263. The van der Waals surface area contributed by atoms with Crippen LogP contribution in [0.3, 0.4) is 0 Å². The van der Waals surface area contributed by atoms with E-state index >= 15 is 0 Å². The molecule has 2 rings (SSSR count). The van der Waals surface area contributed by atoms with Crippen LogP contribution in [0.1, 0.15) is 46.1 Å². The number of rotatable bonds is 4. The molecular formula is C18H30N3S+. The van der Waals surface area contributed by atoms with Gasteiger partial charge in [0.25, 0.3) is 0 Å². The predicted octanol–water partition coefficient (Wildman–Crippen LogP) is 1.98. The maximum Gasteiger partial charge on any atom is 0.166 e. The van der Waals surface area contributed by atoms with Gasteiger partial charge in [0, 0.05) is 25.4 Å². The van der Waals surface area contributed by atoms with E-state index in [9.17, 15) is 0 Å². The second-order valence-electron chi connectivity index (χ2n) is 7.86. The first-order valence-electron chi connectivity index (χ1n) is 8.21. The highest BCUT2D eigenvalue weighted by atomic mass is 32.1. The van der Waals surface area contributed by atoms with Crippen LogP contribution < -0.4 is 16.0 Å². The summed E-state index contributed by atoms with van der Waals surface area (Å²) in [5, 5.41) is 10.1. The Morgan fingerprint density at radius 1 is 1.14 bits per heavy atom. The number of hydrogen-bond acceptors (Lipinski definition) is 1. The minimum atomic E-state index is 0.263. The molecule has 1 aliphatic heterocycles. The Hall–Kier alpha value is -1.13. The van der Waals surface area contributed by atoms with Crippen LogP contribution in [-0.4, -0.2) is 28.8 Å². The number of hydrogen-bond donors (Lipinski definition) is 3. The molecule has 0 bridgehead atoms. The molecule has 1 fully saturated rings. The number of thiocarbonyl (C=S) groups is 1. The quantitative estimate of drug-likeness (QED) is 0.743. The first-order valence-corrected chi connectivity index (χ1v) is 8.62. The second-order valence-corrected chi connectivity index (χ2v) is 8.27. The van der Waals surface area contributed by atoms with E-state index in [-0.39, 0.29) is 11.1 Å². The van der Waals surface area contributed by atoms with Crippen LogP contribution in [0.2, 0.25) is 0 Å². The lowest BCUT2D eigenvalue weighted by Crippen LogP contribution is -3.06. The first-order chi connectivity index (χ1) is 10.3. The van der Waals surface area contributed by atoms with E-state index in [0.717, 1.165) is 30.9 Å². The largest absolute Gasteiger partial charge is 0.362 e. The van der Waals surface area contributed by atoms with Gasteiger partial charge in [-0.1, -0.05) is 30.3 Å². The van der Waals surface area contributed by atoms with Crippen LogP contribution in [0.25, 0.3) is 0 Å². The van der Waals surface area contributed by atoms with Crippen molar-refractivity contribution in [2.45, 2.75) is 64.1 Å². The van der Waals surface area contributed by atoms with Crippen molar-refractivity contribution < 1.29 is 5.32 Å². The van der Waals surface area contributed by atoms with Gasteiger partial charge in [0.15, 0.2) is 5.11 Å². The van der Waals surface area contributed by atoms with Gasteiger partial charge in [-0.3, -0.25) is 0 Å². The van der Waals surface area contributed by atoms with E-state index in [1.54, 1.807) is 0 Å². The highest BCUT2D eigenvalue weighted by Crippen LogP contribution is 2.21. The van der Waals surface area contributed by atoms with E-state index in [4.69, 9.17) is 12.2 Å². The summed E-state index contributed by atoms with van der Waals surface area (Å²) in [6.07, 6.45) is 3.27. The van der Waals surface area contributed by atoms with Crippen molar-refractivity contribution >= 4 is 17.3 Å². The fourth-order valence-electron chi connectivity index (χ4n) is 3.82. The van der Waals surface area contributed by atoms with Crippen molar-refractivity contribution in [1.82, 2.24) is 10.6 Å². The standard InChI is InChI=1S/C18H29N3S/c1-17(2)12-15(13-18(3,4)21-17)20-16(22)19-11-10-14-8-6-5-7-9-14/h5-9,15,21H,10-13H2,1-4H3,(H2,19,20,22)/p+1. The molecule has 0 aliphatic carbocycles. The molecule has 1 saturated heterocycles. The molecule has 1 aliphatic rings. The zero-order valence-electron chi connectivity index (χ0n) is 14.3. The highest BCUT2D eigenvalue weighted by molar-refractivity contribution is 7.80. The number of piperidine rings is 1. The molecule has 0 amide bonds. The third kappa shape index (κ3) is 5.58. The molecule has 122 valence electrons.